The third kappa shape index (κ3) is 5.38. The molecule has 0 spiro atoms. The zero-order chi connectivity index (χ0) is 16.4. The first-order valence-corrected chi connectivity index (χ1v) is 7.52. The van der Waals surface area contributed by atoms with Gasteiger partial charge in [0.1, 0.15) is 0 Å². The number of nitrogens with zero attached hydrogens (tertiary/aromatic N) is 1. The molecule has 1 atom stereocenters. The van der Waals surface area contributed by atoms with Crippen molar-refractivity contribution in [1.29, 1.82) is 0 Å². The number of benzene rings is 1. The zero-order valence-corrected chi connectivity index (χ0v) is 14.6. The van der Waals surface area contributed by atoms with Crippen LogP contribution < -0.4 is 11.1 Å². The maximum absolute atomic E-state index is 12.3. The molecule has 1 amide bonds. The molecular weight excluding hydrogens is 309 g/mol. The van der Waals surface area contributed by atoms with Gasteiger partial charge in [0.25, 0.3) is 0 Å². The number of nitrogens with one attached hydrogen (secondary N) is 1. The molecule has 3 N–H and O–H groups in total. The highest BCUT2D eigenvalue weighted by Gasteiger charge is 2.23. The molecule has 1 aromatic carbocycles. The Hall–Kier alpha value is -0.970. The van der Waals surface area contributed by atoms with Crippen LogP contribution in [0.25, 0.3) is 0 Å². The lowest BCUT2D eigenvalue weighted by Gasteiger charge is -2.30. The van der Waals surface area contributed by atoms with E-state index >= 15 is 0 Å². The first kappa shape index (κ1) is 18.1. The molecule has 0 aliphatic heterocycles. The molecule has 4 nitrogen and oxygen atoms in total. The van der Waals surface area contributed by atoms with Crippen LogP contribution in [0.1, 0.15) is 27.7 Å². The van der Waals surface area contributed by atoms with Gasteiger partial charge < -0.3 is 11.1 Å². The van der Waals surface area contributed by atoms with Crippen molar-refractivity contribution in [2.45, 2.75) is 33.7 Å². The summed E-state index contributed by atoms with van der Waals surface area (Å²) in [4.78, 5) is 14.3. The third-order valence-electron chi connectivity index (χ3n) is 3.10. The molecule has 0 saturated heterocycles. The van der Waals surface area contributed by atoms with Crippen LogP contribution in [0.3, 0.4) is 0 Å². The van der Waals surface area contributed by atoms with E-state index in [9.17, 15) is 4.79 Å². The molecule has 0 aromatic heterocycles. The van der Waals surface area contributed by atoms with Crippen molar-refractivity contribution < 1.29 is 4.79 Å². The Morgan fingerprint density at radius 3 is 2.43 bits per heavy atom. The SMILES string of the molecule is CC(C(=O)Nc1c(N)cc(Cl)cc1Cl)N(C)CC(C)(C)C. The average Bonchev–Trinajstić information content (AvgIpc) is 2.30. The Balaban J connectivity index is 2.82. The summed E-state index contributed by atoms with van der Waals surface area (Å²) in [5.41, 5.74) is 6.72. The van der Waals surface area contributed by atoms with E-state index in [1.54, 1.807) is 12.1 Å². The number of carbonyl (C=O) groups excluding carboxylic acids is 1. The molecule has 1 unspecified atom stereocenters. The van der Waals surface area contributed by atoms with Gasteiger partial charge in [-0.25, -0.2) is 0 Å². The van der Waals surface area contributed by atoms with Crippen molar-refractivity contribution in [3.8, 4) is 0 Å². The van der Waals surface area contributed by atoms with Crippen LogP contribution in [0.2, 0.25) is 10.0 Å². The Kier molecular flexibility index (Phi) is 5.91. The average molecular weight is 332 g/mol. The number of anilines is 2. The van der Waals surface area contributed by atoms with E-state index in [-0.39, 0.29) is 17.4 Å². The Labute approximate surface area is 136 Å². The fourth-order valence-corrected chi connectivity index (χ4v) is 2.59. The quantitative estimate of drug-likeness (QED) is 0.823. The minimum absolute atomic E-state index is 0.111. The number of rotatable bonds is 4. The summed E-state index contributed by atoms with van der Waals surface area (Å²) in [6, 6.07) is 2.82. The maximum Gasteiger partial charge on any atom is 0.241 e. The number of hydrogen-bond acceptors (Lipinski definition) is 3. The van der Waals surface area contributed by atoms with Gasteiger partial charge in [0, 0.05) is 11.6 Å². The summed E-state index contributed by atoms with van der Waals surface area (Å²) in [6.45, 7) is 9.03. The third-order valence-corrected chi connectivity index (χ3v) is 3.61. The summed E-state index contributed by atoms with van der Waals surface area (Å²) in [5.74, 6) is -0.155. The number of nitrogens with two attached hydrogens (primary N) is 1. The van der Waals surface area contributed by atoms with E-state index in [2.05, 4.69) is 26.1 Å². The first-order chi connectivity index (χ1) is 9.51. The van der Waals surface area contributed by atoms with Crippen LogP contribution in [-0.4, -0.2) is 30.4 Å². The van der Waals surface area contributed by atoms with Gasteiger partial charge in [-0.3, -0.25) is 9.69 Å². The molecular formula is C15H23Cl2N3O. The monoisotopic (exact) mass is 331 g/mol. The highest BCUT2D eigenvalue weighted by molar-refractivity contribution is 6.37. The van der Waals surface area contributed by atoms with E-state index in [1.165, 1.54) is 0 Å². The van der Waals surface area contributed by atoms with Gasteiger partial charge >= 0.3 is 0 Å². The summed E-state index contributed by atoms with van der Waals surface area (Å²) >= 11 is 11.9. The number of amides is 1. The van der Waals surface area contributed by atoms with Gasteiger partial charge in [-0.2, -0.15) is 0 Å². The van der Waals surface area contributed by atoms with E-state index in [1.807, 2.05) is 18.9 Å². The molecule has 0 bridgehead atoms. The lowest BCUT2D eigenvalue weighted by Crippen LogP contribution is -2.43. The number of hydrogen-bond donors (Lipinski definition) is 2. The van der Waals surface area contributed by atoms with Gasteiger partial charge in [-0.1, -0.05) is 44.0 Å². The molecule has 0 fully saturated rings. The molecule has 118 valence electrons. The molecule has 21 heavy (non-hydrogen) atoms. The molecule has 0 radical (unpaired) electrons. The van der Waals surface area contributed by atoms with Crippen LogP contribution >= 0.6 is 23.2 Å². The lowest BCUT2D eigenvalue weighted by atomic mass is 9.95. The number of nitrogen functional groups attached to an aromatic ring is 1. The van der Waals surface area contributed by atoms with Gasteiger partial charge in [-0.15, -0.1) is 0 Å². The predicted molar refractivity (Wildman–Crippen MR) is 91.1 cm³/mol. The van der Waals surface area contributed by atoms with Crippen LogP contribution in [0.4, 0.5) is 11.4 Å². The summed E-state index contributed by atoms with van der Waals surface area (Å²) in [7, 11) is 1.92. The van der Waals surface area contributed by atoms with E-state index in [0.717, 1.165) is 6.54 Å². The van der Waals surface area contributed by atoms with Gasteiger partial charge in [-0.05, 0) is 31.5 Å². The van der Waals surface area contributed by atoms with Crippen LogP contribution in [-0.2, 0) is 4.79 Å². The molecule has 0 saturated carbocycles. The van der Waals surface area contributed by atoms with E-state index < -0.39 is 0 Å². The number of halogens is 2. The maximum atomic E-state index is 12.3. The Bertz CT molecular complexity index is 503. The summed E-state index contributed by atoms with van der Waals surface area (Å²) < 4.78 is 0. The summed E-state index contributed by atoms with van der Waals surface area (Å²) in [6.07, 6.45) is 0. The van der Waals surface area contributed by atoms with Crippen molar-refractivity contribution in [1.82, 2.24) is 4.90 Å². The topological polar surface area (TPSA) is 58.4 Å². The second-order valence-corrected chi connectivity index (χ2v) is 7.34. The molecule has 0 heterocycles. The van der Waals surface area contributed by atoms with Crippen molar-refractivity contribution in [2.24, 2.45) is 5.41 Å². The fourth-order valence-electron chi connectivity index (χ4n) is 2.04. The van der Waals surface area contributed by atoms with E-state index in [4.69, 9.17) is 28.9 Å². The second-order valence-electron chi connectivity index (χ2n) is 6.49. The van der Waals surface area contributed by atoms with Gasteiger partial charge in [0.05, 0.1) is 22.4 Å². The minimum Gasteiger partial charge on any atom is -0.397 e. The van der Waals surface area contributed by atoms with Crippen molar-refractivity contribution in [3.05, 3.63) is 22.2 Å². The van der Waals surface area contributed by atoms with Crippen molar-refractivity contribution in [2.75, 3.05) is 24.6 Å². The second kappa shape index (κ2) is 6.86. The first-order valence-electron chi connectivity index (χ1n) is 6.77. The molecule has 0 aliphatic rings. The summed E-state index contributed by atoms with van der Waals surface area (Å²) in [5, 5.41) is 3.55. The Morgan fingerprint density at radius 1 is 1.38 bits per heavy atom. The normalized spacial score (nSPS) is 13.3. The Morgan fingerprint density at radius 2 is 1.95 bits per heavy atom. The standard InChI is InChI=1S/C15H23Cl2N3O/c1-9(20(5)8-15(2,3)4)14(21)19-13-11(17)6-10(16)7-12(13)18/h6-7,9H,8,18H2,1-5H3,(H,19,21). The molecule has 6 heteroatoms. The predicted octanol–water partition coefficient (Wildman–Crippen LogP) is 3.88. The van der Waals surface area contributed by atoms with Crippen molar-refractivity contribution >= 4 is 40.5 Å². The lowest BCUT2D eigenvalue weighted by molar-refractivity contribution is -0.120. The van der Waals surface area contributed by atoms with E-state index in [0.29, 0.717) is 21.4 Å². The van der Waals surface area contributed by atoms with Gasteiger partial charge in [0.15, 0.2) is 0 Å². The van der Waals surface area contributed by atoms with Crippen LogP contribution in [0.15, 0.2) is 12.1 Å². The number of carbonyl (C=O) groups is 1. The zero-order valence-electron chi connectivity index (χ0n) is 13.1. The molecule has 0 aliphatic carbocycles. The van der Waals surface area contributed by atoms with Crippen LogP contribution in [0, 0.1) is 5.41 Å². The fraction of sp³-hybridized carbons (Fsp3) is 0.533. The largest absolute Gasteiger partial charge is 0.397 e. The smallest absolute Gasteiger partial charge is 0.241 e. The molecule has 1 aromatic rings. The highest BCUT2D eigenvalue weighted by Crippen LogP contribution is 2.32. The van der Waals surface area contributed by atoms with Crippen molar-refractivity contribution in [3.63, 3.8) is 0 Å². The highest BCUT2D eigenvalue weighted by atomic mass is 35.5. The van der Waals surface area contributed by atoms with Gasteiger partial charge in [0.2, 0.25) is 5.91 Å². The minimum atomic E-state index is -0.296. The van der Waals surface area contributed by atoms with Crippen LogP contribution in [0.5, 0.6) is 0 Å². The number of likely N-dealkylation sites (N-methyl/N-ethyl adjacent to an activating group) is 1. The molecule has 1 rings (SSSR count).